The van der Waals surface area contributed by atoms with Crippen LogP contribution >= 0.6 is 0 Å². The van der Waals surface area contributed by atoms with Gasteiger partial charge in [0.1, 0.15) is 13.2 Å². The largest absolute Gasteiger partial charge is 0.477 e. The molecule has 0 saturated carbocycles. The van der Waals surface area contributed by atoms with Crippen LogP contribution in [0.1, 0.15) is 373 Å². The lowest BCUT2D eigenvalue weighted by molar-refractivity contribution is -0.870. The summed E-state index contributed by atoms with van der Waals surface area (Å²) in [4.78, 5) is 37.6. The van der Waals surface area contributed by atoms with Crippen molar-refractivity contribution in [2.75, 3.05) is 47.5 Å². The Hall–Kier alpha value is -2.49. The fraction of sp³-hybridized carbons (Fsp3) is 0.882. The van der Waals surface area contributed by atoms with Gasteiger partial charge in [-0.3, -0.25) is 9.59 Å². The zero-order chi connectivity index (χ0) is 61.9. The molecule has 85 heavy (non-hydrogen) atoms. The van der Waals surface area contributed by atoms with E-state index in [1.807, 2.05) is 21.1 Å². The van der Waals surface area contributed by atoms with Gasteiger partial charge >= 0.3 is 17.9 Å². The number of hydrogen-bond acceptors (Lipinski definition) is 7. The normalized spacial score (nSPS) is 12.8. The zero-order valence-corrected chi connectivity index (χ0v) is 57.3. The summed E-state index contributed by atoms with van der Waals surface area (Å²) in [5, 5.41) is 9.74. The number of unbranched alkanes of at least 4 members (excludes halogenated alkanes) is 49. The lowest BCUT2D eigenvalue weighted by atomic mass is 10.0. The molecule has 500 valence electrons. The molecule has 9 heteroatoms. The van der Waals surface area contributed by atoms with Gasteiger partial charge in [-0.25, -0.2) is 4.79 Å². The first-order valence-corrected chi connectivity index (χ1v) is 37.2. The van der Waals surface area contributed by atoms with Gasteiger partial charge < -0.3 is 28.5 Å². The van der Waals surface area contributed by atoms with Crippen LogP contribution in [0.5, 0.6) is 0 Å². The summed E-state index contributed by atoms with van der Waals surface area (Å²) >= 11 is 0. The van der Waals surface area contributed by atoms with Crippen molar-refractivity contribution >= 4 is 17.9 Å². The van der Waals surface area contributed by atoms with Crippen molar-refractivity contribution in [2.24, 2.45) is 0 Å². The minimum Gasteiger partial charge on any atom is -0.477 e. The quantitative estimate of drug-likeness (QED) is 0.0211. The number of likely N-dealkylation sites (N-methyl/N-ethyl adjacent to an activating group) is 1. The van der Waals surface area contributed by atoms with E-state index in [-0.39, 0.29) is 32.2 Å². The number of allylic oxidation sites excluding steroid dienone is 6. The smallest absolute Gasteiger partial charge is 0.361 e. The lowest BCUT2D eigenvalue weighted by Gasteiger charge is -2.25. The van der Waals surface area contributed by atoms with E-state index in [9.17, 15) is 19.5 Å². The van der Waals surface area contributed by atoms with E-state index in [4.69, 9.17) is 18.9 Å². The molecule has 0 saturated heterocycles. The van der Waals surface area contributed by atoms with Crippen molar-refractivity contribution in [3.05, 3.63) is 36.5 Å². The minimum absolute atomic E-state index is 0.179. The summed E-state index contributed by atoms with van der Waals surface area (Å²) in [6, 6.07) is 0. The number of carbonyl (C=O) groups excluding carboxylic acids is 2. The summed E-state index contributed by atoms with van der Waals surface area (Å²) in [5.74, 6) is -1.99. The molecule has 0 bridgehead atoms. The van der Waals surface area contributed by atoms with Crippen molar-refractivity contribution in [1.82, 2.24) is 0 Å². The number of carbonyl (C=O) groups is 3. The number of quaternary nitrogens is 1. The first-order chi connectivity index (χ1) is 41.6. The van der Waals surface area contributed by atoms with E-state index in [0.29, 0.717) is 17.4 Å². The van der Waals surface area contributed by atoms with Crippen LogP contribution in [0.25, 0.3) is 0 Å². The van der Waals surface area contributed by atoms with Crippen LogP contribution in [0, 0.1) is 0 Å². The van der Waals surface area contributed by atoms with Crippen molar-refractivity contribution < 1.29 is 42.9 Å². The second-order valence-corrected chi connectivity index (χ2v) is 26.6. The van der Waals surface area contributed by atoms with Gasteiger partial charge in [0.05, 0.1) is 34.4 Å². The summed E-state index contributed by atoms with van der Waals surface area (Å²) in [6.07, 6.45) is 82.9. The molecule has 2 atom stereocenters. The average Bonchev–Trinajstić information content (AvgIpc) is 3.48. The average molecular weight is 1200 g/mol. The molecule has 0 fully saturated rings. The Morgan fingerprint density at radius 3 is 0.941 bits per heavy atom. The fourth-order valence-electron chi connectivity index (χ4n) is 11.2. The van der Waals surface area contributed by atoms with Crippen molar-refractivity contribution in [1.29, 1.82) is 0 Å². The van der Waals surface area contributed by atoms with Gasteiger partial charge in [0, 0.05) is 12.8 Å². The van der Waals surface area contributed by atoms with Gasteiger partial charge in [-0.2, -0.15) is 0 Å². The number of ether oxygens (including phenoxy) is 4. The Labute approximate surface area is 528 Å². The Morgan fingerprint density at radius 1 is 0.353 bits per heavy atom. The Bertz CT molecular complexity index is 1490. The highest BCUT2D eigenvalue weighted by molar-refractivity contribution is 5.71. The van der Waals surface area contributed by atoms with Crippen molar-refractivity contribution in [3.8, 4) is 0 Å². The van der Waals surface area contributed by atoms with E-state index in [0.717, 1.165) is 51.4 Å². The summed E-state index contributed by atoms with van der Waals surface area (Å²) < 4.78 is 23.0. The van der Waals surface area contributed by atoms with E-state index in [2.05, 4.69) is 50.3 Å². The number of hydrogen-bond donors (Lipinski definition) is 1. The van der Waals surface area contributed by atoms with E-state index in [1.165, 1.54) is 295 Å². The van der Waals surface area contributed by atoms with Crippen LogP contribution in [-0.2, 0) is 33.3 Å². The number of nitrogens with zero attached hydrogens (tertiary/aromatic N) is 1. The number of carboxylic acids is 1. The SMILES string of the molecule is CCCCCCC/C=C\C/C=C\CCCCCCCCCCCC(=O)OC(COC(=O)CCCCCCCCCCCCCCCCCCCCCCCCCCCCC/C=C\CCCCCCCCCC)COC(OCC[N+](C)(C)C)C(=O)O. The molecule has 0 aromatic carbocycles. The Balaban J connectivity index is 3.94. The molecule has 0 aliphatic heterocycles. The maximum absolute atomic E-state index is 12.9. The van der Waals surface area contributed by atoms with E-state index >= 15 is 0 Å². The first-order valence-electron chi connectivity index (χ1n) is 37.2. The second kappa shape index (κ2) is 67.4. The molecule has 0 amide bonds. The van der Waals surface area contributed by atoms with Crippen molar-refractivity contribution in [2.45, 2.75) is 386 Å². The molecule has 0 aliphatic rings. The van der Waals surface area contributed by atoms with Crippen LogP contribution in [0.15, 0.2) is 36.5 Å². The molecule has 0 spiro atoms. The third kappa shape index (κ3) is 68.9. The summed E-state index contributed by atoms with van der Waals surface area (Å²) in [7, 11) is 5.99. The van der Waals surface area contributed by atoms with Crippen LogP contribution in [0.4, 0.5) is 0 Å². The van der Waals surface area contributed by atoms with Gasteiger partial charge in [-0.05, 0) is 70.6 Å². The highest BCUT2D eigenvalue weighted by Crippen LogP contribution is 2.19. The van der Waals surface area contributed by atoms with Gasteiger partial charge in [0.25, 0.3) is 6.29 Å². The van der Waals surface area contributed by atoms with Crippen molar-refractivity contribution in [3.63, 3.8) is 0 Å². The molecule has 0 aromatic rings. The third-order valence-corrected chi connectivity index (χ3v) is 16.9. The predicted molar refractivity (Wildman–Crippen MR) is 364 cm³/mol. The number of aliphatic carboxylic acids is 1. The van der Waals surface area contributed by atoms with Crippen LogP contribution in [0.3, 0.4) is 0 Å². The predicted octanol–water partition coefficient (Wildman–Crippen LogP) is 23.1. The third-order valence-electron chi connectivity index (χ3n) is 16.9. The van der Waals surface area contributed by atoms with Gasteiger partial charge in [-0.1, -0.05) is 326 Å². The van der Waals surface area contributed by atoms with Crippen LogP contribution < -0.4 is 0 Å². The highest BCUT2D eigenvalue weighted by atomic mass is 16.7. The second-order valence-electron chi connectivity index (χ2n) is 26.6. The standard InChI is InChI=1S/C76H143NO8/c1-6-8-10-12-14-16-18-20-22-24-26-28-29-30-31-32-33-34-35-36-37-38-39-40-41-42-43-44-45-47-48-50-52-54-56-58-60-62-64-66-73(78)83-70-72(71-84-76(75(80)81)82-69-68-77(3,4)5)85-74(79)67-65-63-61-59-57-55-53-51-49-46-27-25-23-21-19-17-15-13-11-9-7-2/h19,21,24-27,72,76H,6-18,20,22-23,28-71H2,1-5H3/p+1/b21-19-,26-24-,27-25-. The van der Waals surface area contributed by atoms with E-state index < -0.39 is 24.3 Å². The van der Waals surface area contributed by atoms with Crippen LogP contribution in [0.2, 0.25) is 0 Å². The number of carboxylic acid groups (broad SMARTS) is 1. The Morgan fingerprint density at radius 2 is 0.635 bits per heavy atom. The molecule has 0 aromatic heterocycles. The number of esters is 2. The summed E-state index contributed by atoms with van der Waals surface area (Å²) in [6.45, 7) is 4.92. The maximum atomic E-state index is 12.9. The zero-order valence-electron chi connectivity index (χ0n) is 57.3. The van der Waals surface area contributed by atoms with Crippen LogP contribution in [-0.4, -0.2) is 87.4 Å². The fourth-order valence-corrected chi connectivity index (χ4v) is 11.2. The molecular weight excluding hydrogens is 1050 g/mol. The molecule has 2 unspecified atom stereocenters. The highest BCUT2D eigenvalue weighted by Gasteiger charge is 2.25. The topological polar surface area (TPSA) is 108 Å². The molecule has 0 heterocycles. The first kappa shape index (κ1) is 82.5. The molecule has 1 N–H and O–H groups in total. The van der Waals surface area contributed by atoms with E-state index in [1.54, 1.807) is 0 Å². The molecule has 9 nitrogen and oxygen atoms in total. The summed E-state index contributed by atoms with van der Waals surface area (Å²) in [5.41, 5.74) is 0. The van der Waals surface area contributed by atoms with Gasteiger partial charge in [0.2, 0.25) is 0 Å². The Kier molecular flexibility index (Phi) is 65.5. The molecule has 0 radical (unpaired) electrons. The monoisotopic (exact) mass is 1200 g/mol. The molecular formula is C76H144NO8+. The van der Waals surface area contributed by atoms with Gasteiger partial charge in [-0.15, -0.1) is 0 Å². The molecule has 0 aliphatic carbocycles. The maximum Gasteiger partial charge on any atom is 0.361 e. The minimum atomic E-state index is -1.51. The van der Waals surface area contributed by atoms with Gasteiger partial charge in [0.15, 0.2) is 6.10 Å². The number of rotatable bonds is 70. The lowest BCUT2D eigenvalue weighted by Crippen LogP contribution is -2.40. The molecule has 0 rings (SSSR count).